The molecule has 0 bridgehead atoms. The van der Waals surface area contributed by atoms with E-state index in [9.17, 15) is 0 Å². The number of piperidine rings is 1. The molecule has 2 aromatic heterocycles. The second-order valence-corrected chi connectivity index (χ2v) is 7.46. The van der Waals surface area contributed by atoms with Gasteiger partial charge in [-0.25, -0.2) is 9.97 Å². The Balaban J connectivity index is 1.82. The summed E-state index contributed by atoms with van der Waals surface area (Å²) in [4.78, 5) is 13.0. The van der Waals surface area contributed by atoms with Gasteiger partial charge in [0.05, 0.1) is 10.2 Å². The van der Waals surface area contributed by atoms with E-state index in [4.69, 9.17) is 16.6 Å². The minimum Gasteiger partial charge on any atom is -0.355 e. The zero-order chi connectivity index (χ0) is 15.8. The van der Waals surface area contributed by atoms with Gasteiger partial charge < -0.3 is 4.90 Å². The predicted octanol–water partition coefficient (Wildman–Crippen LogP) is 5.31. The molecule has 1 saturated heterocycles. The van der Waals surface area contributed by atoms with Crippen molar-refractivity contribution >= 4 is 39.0 Å². The van der Waals surface area contributed by atoms with Crippen molar-refractivity contribution in [1.82, 2.24) is 9.97 Å². The minimum absolute atomic E-state index is 0.763. The molecule has 3 nitrogen and oxygen atoms in total. The van der Waals surface area contributed by atoms with E-state index < -0.39 is 0 Å². The first-order valence-electron chi connectivity index (χ1n) is 8.00. The maximum absolute atomic E-state index is 6.00. The summed E-state index contributed by atoms with van der Waals surface area (Å²) in [6, 6.07) is 10.2. The number of aromatic nitrogens is 2. The molecule has 4 rings (SSSR count). The van der Waals surface area contributed by atoms with Gasteiger partial charge in [0.1, 0.15) is 11.6 Å². The highest BCUT2D eigenvalue weighted by Crippen LogP contribution is 2.38. The second-order valence-electron chi connectivity index (χ2n) is 5.97. The number of hydrogen-bond donors (Lipinski definition) is 0. The molecule has 118 valence electrons. The van der Waals surface area contributed by atoms with Crippen LogP contribution in [0.4, 0.5) is 5.82 Å². The van der Waals surface area contributed by atoms with Gasteiger partial charge in [-0.15, -0.1) is 11.3 Å². The van der Waals surface area contributed by atoms with Crippen LogP contribution in [0, 0.1) is 6.92 Å². The van der Waals surface area contributed by atoms with Crippen LogP contribution in [0.2, 0.25) is 5.02 Å². The number of anilines is 1. The van der Waals surface area contributed by atoms with E-state index in [1.165, 1.54) is 34.4 Å². The van der Waals surface area contributed by atoms with E-state index in [0.29, 0.717) is 0 Å². The second kappa shape index (κ2) is 6.10. The number of benzene rings is 1. The molecule has 3 heterocycles. The highest BCUT2D eigenvalue weighted by molar-refractivity contribution is 7.22. The molecule has 23 heavy (non-hydrogen) atoms. The van der Waals surface area contributed by atoms with Crippen LogP contribution in [0.1, 0.15) is 25.1 Å². The lowest BCUT2D eigenvalue weighted by Crippen LogP contribution is -2.30. The normalized spacial score (nSPS) is 15.3. The first kappa shape index (κ1) is 14.9. The van der Waals surface area contributed by atoms with E-state index in [1.807, 2.05) is 19.1 Å². The summed E-state index contributed by atoms with van der Waals surface area (Å²) in [6.45, 7) is 4.17. The molecule has 0 radical (unpaired) electrons. The zero-order valence-corrected chi connectivity index (χ0v) is 14.6. The summed E-state index contributed by atoms with van der Waals surface area (Å²) >= 11 is 7.78. The van der Waals surface area contributed by atoms with E-state index in [1.54, 1.807) is 11.3 Å². The summed E-state index contributed by atoms with van der Waals surface area (Å²) in [6.07, 6.45) is 3.82. The Kier molecular flexibility index (Phi) is 3.95. The Morgan fingerprint density at radius 2 is 1.78 bits per heavy atom. The van der Waals surface area contributed by atoms with Crippen LogP contribution in [0.3, 0.4) is 0 Å². The Morgan fingerprint density at radius 3 is 2.52 bits per heavy atom. The Hall–Kier alpha value is -1.65. The van der Waals surface area contributed by atoms with Gasteiger partial charge in [0, 0.05) is 23.0 Å². The molecule has 1 aromatic carbocycles. The van der Waals surface area contributed by atoms with Crippen molar-refractivity contribution < 1.29 is 0 Å². The fraction of sp³-hybridized carbons (Fsp3) is 0.333. The van der Waals surface area contributed by atoms with Crippen molar-refractivity contribution in [1.29, 1.82) is 0 Å². The maximum atomic E-state index is 6.00. The van der Waals surface area contributed by atoms with Crippen LogP contribution in [-0.2, 0) is 0 Å². The molecule has 1 aliphatic heterocycles. The van der Waals surface area contributed by atoms with Gasteiger partial charge in [-0.1, -0.05) is 23.7 Å². The van der Waals surface area contributed by atoms with Gasteiger partial charge in [-0.05, 0) is 49.9 Å². The average Bonchev–Trinajstić information content (AvgIpc) is 2.99. The molecule has 0 N–H and O–H groups in total. The monoisotopic (exact) mass is 343 g/mol. The fourth-order valence-electron chi connectivity index (χ4n) is 3.10. The SMILES string of the molecule is Cc1nc(N2CCCCC2)c2sc(-c3ccc(Cl)cc3)cc2n1. The lowest BCUT2D eigenvalue weighted by atomic mass is 10.1. The number of aryl methyl sites for hydroxylation is 1. The maximum Gasteiger partial charge on any atom is 0.150 e. The van der Waals surface area contributed by atoms with Crippen molar-refractivity contribution in [2.45, 2.75) is 26.2 Å². The third kappa shape index (κ3) is 2.93. The Labute approximate surface area is 144 Å². The largest absolute Gasteiger partial charge is 0.355 e. The van der Waals surface area contributed by atoms with Crippen molar-refractivity contribution in [3.63, 3.8) is 0 Å². The van der Waals surface area contributed by atoms with Crippen LogP contribution in [0.5, 0.6) is 0 Å². The molecular weight excluding hydrogens is 326 g/mol. The molecule has 1 aliphatic rings. The highest BCUT2D eigenvalue weighted by Gasteiger charge is 2.18. The zero-order valence-electron chi connectivity index (χ0n) is 13.1. The van der Waals surface area contributed by atoms with Gasteiger partial charge in [-0.2, -0.15) is 0 Å². The number of hydrogen-bond acceptors (Lipinski definition) is 4. The van der Waals surface area contributed by atoms with Gasteiger partial charge in [-0.3, -0.25) is 0 Å². The molecule has 0 spiro atoms. The fourth-order valence-corrected chi connectivity index (χ4v) is 4.35. The number of rotatable bonds is 2. The van der Waals surface area contributed by atoms with Crippen molar-refractivity contribution in [3.05, 3.63) is 41.2 Å². The summed E-state index contributed by atoms with van der Waals surface area (Å²) in [5.41, 5.74) is 2.23. The van der Waals surface area contributed by atoms with E-state index in [2.05, 4.69) is 28.1 Å². The lowest BCUT2D eigenvalue weighted by Gasteiger charge is -2.28. The first-order valence-corrected chi connectivity index (χ1v) is 9.19. The van der Waals surface area contributed by atoms with Gasteiger partial charge in [0.2, 0.25) is 0 Å². The molecule has 5 heteroatoms. The third-order valence-electron chi connectivity index (χ3n) is 4.25. The predicted molar refractivity (Wildman–Crippen MR) is 98.7 cm³/mol. The van der Waals surface area contributed by atoms with Crippen LogP contribution in [0.15, 0.2) is 30.3 Å². The average molecular weight is 344 g/mol. The molecule has 0 atom stereocenters. The van der Waals surface area contributed by atoms with Gasteiger partial charge in [0.15, 0.2) is 0 Å². The van der Waals surface area contributed by atoms with Crippen LogP contribution < -0.4 is 4.90 Å². The Morgan fingerprint density at radius 1 is 1.04 bits per heavy atom. The number of halogens is 1. The first-order chi connectivity index (χ1) is 11.2. The number of thiophene rings is 1. The summed E-state index contributed by atoms with van der Waals surface area (Å²) < 4.78 is 1.20. The third-order valence-corrected chi connectivity index (χ3v) is 5.67. The standard InChI is InChI=1S/C18H18ClN3S/c1-12-20-15-11-16(13-5-7-14(19)8-6-13)23-17(15)18(21-12)22-9-3-2-4-10-22/h5-8,11H,2-4,9-10H2,1H3. The summed E-state index contributed by atoms with van der Waals surface area (Å²) in [7, 11) is 0. The smallest absolute Gasteiger partial charge is 0.150 e. The van der Waals surface area contributed by atoms with Crippen molar-refractivity contribution in [2.75, 3.05) is 18.0 Å². The van der Waals surface area contributed by atoms with E-state index >= 15 is 0 Å². The summed E-state index contributed by atoms with van der Waals surface area (Å²) in [5, 5.41) is 0.763. The summed E-state index contributed by atoms with van der Waals surface area (Å²) in [5.74, 6) is 1.95. The topological polar surface area (TPSA) is 29.0 Å². The molecule has 3 aromatic rings. The number of nitrogens with zero attached hydrogens (tertiary/aromatic N) is 3. The van der Waals surface area contributed by atoms with Crippen LogP contribution in [-0.4, -0.2) is 23.1 Å². The highest BCUT2D eigenvalue weighted by atomic mass is 35.5. The molecule has 1 fully saturated rings. The molecule has 0 unspecified atom stereocenters. The van der Waals surface area contributed by atoms with Gasteiger partial charge >= 0.3 is 0 Å². The minimum atomic E-state index is 0.763. The molecule has 0 amide bonds. The van der Waals surface area contributed by atoms with Crippen molar-refractivity contribution in [3.8, 4) is 10.4 Å². The van der Waals surface area contributed by atoms with Crippen LogP contribution in [0.25, 0.3) is 20.7 Å². The molecular formula is C18H18ClN3S. The van der Waals surface area contributed by atoms with Crippen molar-refractivity contribution in [2.24, 2.45) is 0 Å². The van der Waals surface area contributed by atoms with E-state index in [0.717, 1.165) is 35.3 Å². The Bertz CT molecular complexity index is 835. The quantitative estimate of drug-likeness (QED) is 0.631. The van der Waals surface area contributed by atoms with E-state index in [-0.39, 0.29) is 0 Å². The number of fused-ring (bicyclic) bond motifs is 1. The van der Waals surface area contributed by atoms with Crippen LogP contribution >= 0.6 is 22.9 Å². The molecule has 0 aliphatic carbocycles. The van der Waals surface area contributed by atoms with Gasteiger partial charge in [0.25, 0.3) is 0 Å². The lowest BCUT2D eigenvalue weighted by molar-refractivity contribution is 0.574. The molecule has 0 saturated carbocycles.